The van der Waals surface area contributed by atoms with E-state index < -0.39 is 60.4 Å². The van der Waals surface area contributed by atoms with Gasteiger partial charge < -0.3 is 8.98 Å². The predicted octanol–water partition coefficient (Wildman–Crippen LogP) is 14.9. The maximum absolute atomic E-state index is 9.27. The van der Waals surface area contributed by atoms with Gasteiger partial charge in [-0.05, 0) is 64.1 Å². The van der Waals surface area contributed by atoms with Gasteiger partial charge in [0.2, 0.25) is 0 Å². The first-order chi connectivity index (χ1) is 36.6. The summed E-state index contributed by atoms with van der Waals surface area (Å²) in [5.41, 5.74) is 5.01. The fourth-order valence-corrected chi connectivity index (χ4v) is 8.16. The van der Waals surface area contributed by atoms with Crippen LogP contribution in [0.25, 0.3) is 117 Å². The molecular weight excluding hydrogens is 757 g/mol. The highest BCUT2D eigenvalue weighted by atomic mass is 16.3. The van der Waals surface area contributed by atoms with Gasteiger partial charge in [0.1, 0.15) is 11.2 Å². The molecule has 0 aliphatic carbocycles. The molecule has 5 heteroatoms. The van der Waals surface area contributed by atoms with Gasteiger partial charge in [-0.25, -0.2) is 15.0 Å². The van der Waals surface area contributed by atoms with E-state index in [9.17, 15) is 4.11 Å². The van der Waals surface area contributed by atoms with Crippen molar-refractivity contribution in [1.29, 1.82) is 0 Å². The Kier molecular flexibility index (Phi) is 5.69. The molecule has 3 heterocycles. The van der Waals surface area contributed by atoms with E-state index in [2.05, 4.69) is 0 Å². The highest BCUT2D eigenvalue weighted by Gasteiger charge is 2.23. The minimum Gasteiger partial charge on any atom is -0.455 e. The molecule has 290 valence electrons. The van der Waals surface area contributed by atoms with Crippen LogP contribution in [0.2, 0.25) is 0 Å². The molecule has 62 heavy (non-hydrogen) atoms. The quantitative estimate of drug-likeness (QED) is 0.161. The molecule has 12 rings (SSSR count). The maximum Gasteiger partial charge on any atom is 0.166 e. The second-order valence-electron chi connectivity index (χ2n) is 14.5. The summed E-state index contributed by atoms with van der Waals surface area (Å²) in [5.74, 6) is 0.420. The number of nitrogens with zero attached hydrogens (tertiary/aromatic N) is 4. The van der Waals surface area contributed by atoms with Gasteiger partial charge in [0.15, 0.2) is 17.5 Å². The SMILES string of the molecule is [2H]c1cc([2H])c2c(c1[2H])c1c([2H])c([2H])c([2H])c([2H])c1n2-c1ccccc1-c1nc(-c2cccc(-c3c([2H])c([2H])c([2H])c4c3oc3c([2H])c([2H])c([2H])c([2H])c34)c2)nc(-c2c(-c3ccccc3)cccc2-c2ccccc2)n1. The van der Waals surface area contributed by atoms with Crippen LogP contribution in [0.15, 0.2) is 222 Å². The Hall–Kier alpha value is -8.41. The molecule has 0 radical (unpaired) electrons. The van der Waals surface area contributed by atoms with E-state index in [0.29, 0.717) is 22.3 Å². The largest absolute Gasteiger partial charge is 0.455 e. The molecule has 0 bridgehead atoms. The molecule has 0 fully saturated rings. The average molecular weight is 807 g/mol. The number of para-hydroxylation sites is 5. The first-order valence-corrected chi connectivity index (χ1v) is 19.7. The Balaban J connectivity index is 1.18. The van der Waals surface area contributed by atoms with E-state index >= 15 is 0 Å². The Morgan fingerprint density at radius 2 is 0.968 bits per heavy atom. The second kappa shape index (κ2) is 14.7. The van der Waals surface area contributed by atoms with Crippen molar-refractivity contribution in [2.24, 2.45) is 0 Å². The molecule has 0 N–H and O–H groups in total. The summed E-state index contributed by atoms with van der Waals surface area (Å²) in [5, 5.41) is -0.143. The minimum atomic E-state index is -0.540. The van der Waals surface area contributed by atoms with Crippen molar-refractivity contribution in [3.05, 3.63) is 218 Å². The molecule has 0 spiro atoms. The van der Waals surface area contributed by atoms with E-state index in [0.717, 1.165) is 22.3 Å². The molecule has 0 aliphatic rings. The Labute approximate surface area is 377 Å². The number of rotatable bonds is 7. The minimum absolute atomic E-state index is 0.00668. The van der Waals surface area contributed by atoms with Gasteiger partial charge in [-0.1, -0.05) is 182 Å². The van der Waals surface area contributed by atoms with Gasteiger partial charge >= 0.3 is 0 Å². The number of fused-ring (bicyclic) bond motifs is 6. The lowest BCUT2D eigenvalue weighted by molar-refractivity contribution is 0.670. The summed E-state index contributed by atoms with van der Waals surface area (Å²) in [6.45, 7) is 0. The Morgan fingerprint density at radius 3 is 1.77 bits per heavy atom. The van der Waals surface area contributed by atoms with Gasteiger partial charge in [-0.15, -0.1) is 0 Å². The molecule has 5 nitrogen and oxygen atoms in total. The number of hydrogen-bond acceptors (Lipinski definition) is 4. The zero-order valence-electron chi connectivity index (χ0n) is 46.4. The van der Waals surface area contributed by atoms with Crippen molar-refractivity contribution in [3.63, 3.8) is 0 Å². The average Bonchev–Trinajstić information content (AvgIpc) is 4.06. The van der Waals surface area contributed by atoms with E-state index in [4.69, 9.17) is 34.4 Å². The van der Waals surface area contributed by atoms with Crippen LogP contribution in [0.3, 0.4) is 0 Å². The lowest BCUT2D eigenvalue weighted by atomic mass is 9.91. The number of aromatic nitrogens is 4. The van der Waals surface area contributed by atoms with Crippen molar-refractivity contribution < 1.29 is 23.6 Å². The van der Waals surface area contributed by atoms with Crippen LogP contribution < -0.4 is 0 Å². The third kappa shape index (κ3) is 5.90. The molecule has 0 saturated carbocycles. The van der Waals surface area contributed by atoms with Crippen molar-refractivity contribution in [3.8, 4) is 73.2 Å². The highest BCUT2D eigenvalue weighted by Crippen LogP contribution is 2.42. The van der Waals surface area contributed by atoms with Crippen LogP contribution in [0.1, 0.15) is 19.2 Å². The van der Waals surface area contributed by atoms with Crippen LogP contribution in [-0.2, 0) is 0 Å². The molecule has 3 aromatic heterocycles. The van der Waals surface area contributed by atoms with Crippen LogP contribution >= 0.6 is 0 Å². The van der Waals surface area contributed by atoms with Gasteiger partial charge in [-0.2, -0.15) is 0 Å². The Morgan fingerprint density at radius 1 is 0.387 bits per heavy atom. The predicted molar refractivity (Wildman–Crippen MR) is 254 cm³/mol. The molecule has 0 atom stereocenters. The third-order valence-electron chi connectivity index (χ3n) is 10.9. The van der Waals surface area contributed by atoms with Crippen molar-refractivity contribution in [1.82, 2.24) is 19.5 Å². The highest BCUT2D eigenvalue weighted by molar-refractivity contribution is 6.11. The summed E-state index contributed by atoms with van der Waals surface area (Å²) in [6.07, 6.45) is 0. The molecule has 0 saturated heterocycles. The second-order valence-corrected chi connectivity index (χ2v) is 14.5. The maximum atomic E-state index is 9.27. The molecule has 12 aromatic rings. The van der Waals surface area contributed by atoms with E-state index in [1.807, 2.05) is 78.9 Å². The zero-order valence-corrected chi connectivity index (χ0v) is 32.4. The van der Waals surface area contributed by atoms with E-state index in [-0.39, 0.29) is 96.6 Å². The van der Waals surface area contributed by atoms with Crippen LogP contribution in [0.4, 0.5) is 0 Å². The summed E-state index contributed by atoms with van der Waals surface area (Å²) >= 11 is 0. The number of hydrogen-bond donors (Lipinski definition) is 0. The van der Waals surface area contributed by atoms with Gasteiger partial charge in [0.05, 0.1) is 35.9 Å². The summed E-state index contributed by atoms with van der Waals surface area (Å²) < 4.78 is 132. The topological polar surface area (TPSA) is 56.7 Å². The zero-order chi connectivity index (χ0) is 53.2. The summed E-state index contributed by atoms with van der Waals surface area (Å²) in [4.78, 5) is 15.7. The van der Waals surface area contributed by atoms with Gasteiger partial charge in [0.25, 0.3) is 0 Å². The molecule has 0 unspecified atom stereocenters. The first kappa shape index (κ1) is 24.0. The molecular formula is C57H36N4O. The van der Waals surface area contributed by atoms with Crippen LogP contribution in [0.5, 0.6) is 0 Å². The van der Waals surface area contributed by atoms with E-state index in [1.54, 1.807) is 48.5 Å². The monoisotopic (exact) mass is 806 g/mol. The van der Waals surface area contributed by atoms with Crippen LogP contribution in [-0.4, -0.2) is 19.5 Å². The molecule has 9 aromatic carbocycles. The van der Waals surface area contributed by atoms with Crippen LogP contribution in [0, 0.1) is 0 Å². The lowest BCUT2D eigenvalue weighted by Crippen LogP contribution is -2.05. The fraction of sp³-hybridized carbons (Fsp3) is 0. The summed E-state index contributed by atoms with van der Waals surface area (Å²) in [6, 6.07) is 34.2. The Bertz CT molecular complexity index is 4410. The molecule has 0 amide bonds. The standard InChI is InChI=1S/C57H36N4O/c1-3-18-37(19-4-1)41-28-16-29-42(38-20-5-2-6-21-38)53(41)57-59-55(40-23-15-22-39(36-40)43-30-17-31-47-46-26-10-14-35-52(46)62-54(43)47)58-56(60-57)48-27-9-13-34-51(48)61-49-32-11-7-24-44(49)45-25-8-12-33-50(45)61/h1-36H/i7D,8D,10D,11D,14D,17D,24D,25D,26D,30D,31D,32D,33D,35D. The molecule has 0 aliphatic heterocycles. The van der Waals surface area contributed by atoms with E-state index in [1.165, 1.54) is 10.6 Å². The van der Waals surface area contributed by atoms with Crippen molar-refractivity contribution in [2.75, 3.05) is 0 Å². The van der Waals surface area contributed by atoms with Gasteiger partial charge in [0, 0.05) is 43.8 Å². The van der Waals surface area contributed by atoms with Crippen molar-refractivity contribution >= 4 is 43.7 Å². The normalized spacial score (nSPS) is 14.7. The lowest BCUT2D eigenvalue weighted by Gasteiger charge is -2.18. The smallest absolute Gasteiger partial charge is 0.166 e. The van der Waals surface area contributed by atoms with Crippen molar-refractivity contribution in [2.45, 2.75) is 0 Å². The van der Waals surface area contributed by atoms with Gasteiger partial charge in [-0.3, -0.25) is 0 Å². The first-order valence-electron chi connectivity index (χ1n) is 26.7. The summed E-state index contributed by atoms with van der Waals surface area (Å²) in [7, 11) is 0. The number of benzene rings is 9. The number of furan rings is 1. The fourth-order valence-electron chi connectivity index (χ4n) is 8.16. The third-order valence-corrected chi connectivity index (χ3v) is 10.9.